The number of nitrogens with one attached hydrogen (secondary N) is 2. The van der Waals surface area contributed by atoms with E-state index in [9.17, 15) is 0 Å². The van der Waals surface area contributed by atoms with Gasteiger partial charge in [-0.3, -0.25) is 15.1 Å². The fraction of sp³-hybridized carbons (Fsp3) is 0.0455. The van der Waals surface area contributed by atoms with Crippen LogP contribution < -0.4 is 0 Å². The van der Waals surface area contributed by atoms with Gasteiger partial charge in [0.05, 0.1) is 22.9 Å². The van der Waals surface area contributed by atoms with Gasteiger partial charge in [-0.05, 0) is 42.1 Å². The van der Waals surface area contributed by atoms with Crippen molar-refractivity contribution in [1.29, 1.82) is 0 Å². The van der Waals surface area contributed by atoms with Gasteiger partial charge in [0.15, 0.2) is 11.5 Å². The van der Waals surface area contributed by atoms with E-state index in [0.717, 1.165) is 49.3 Å². The van der Waals surface area contributed by atoms with Crippen LogP contribution in [0.2, 0.25) is 0 Å². The summed E-state index contributed by atoms with van der Waals surface area (Å²) in [4.78, 5) is 22.8. The summed E-state index contributed by atoms with van der Waals surface area (Å²) in [5.74, 6) is 0.662. The molecule has 0 atom stereocenters. The second-order valence-corrected chi connectivity index (χ2v) is 7.95. The Morgan fingerprint density at radius 3 is 2.67 bits per heavy atom. The lowest BCUT2D eigenvalue weighted by molar-refractivity contribution is 1.10. The number of aryl methyl sites for hydroxylation is 1. The number of nitrogens with zero attached hydrogens (tertiary/aromatic N) is 5. The topological polar surface area (TPSA) is 96.0 Å². The van der Waals surface area contributed by atoms with E-state index in [2.05, 4.69) is 43.5 Å². The Morgan fingerprint density at radius 1 is 0.867 bits per heavy atom. The molecule has 7 nitrogen and oxygen atoms in total. The number of aromatic nitrogens is 7. The number of hydrogen-bond acceptors (Lipinski definition) is 6. The molecule has 30 heavy (non-hydrogen) atoms. The van der Waals surface area contributed by atoms with Crippen molar-refractivity contribution in [1.82, 2.24) is 35.1 Å². The quantitative estimate of drug-likeness (QED) is 0.429. The van der Waals surface area contributed by atoms with E-state index in [1.54, 1.807) is 23.7 Å². The molecule has 0 bridgehead atoms. The molecule has 8 heteroatoms. The molecule has 0 aromatic carbocycles. The highest BCUT2D eigenvalue weighted by Gasteiger charge is 2.17. The van der Waals surface area contributed by atoms with Crippen LogP contribution in [0.15, 0.2) is 60.5 Å². The second-order valence-electron chi connectivity index (χ2n) is 7.00. The molecule has 6 aromatic heterocycles. The maximum absolute atomic E-state index is 4.88. The smallest absolute Gasteiger partial charge is 0.161 e. The molecule has 144 valence electrons. The Balaban J connectivity index is 1.53. The van der Waals surface area contributed by atoms with E-state index in [0.29, 0.717) is 11.5 Å². The Labute approximate surface area is 174 Å². The van der Waals surface area contributed by atoms with Gasteiger partial charge >= 0.3 is 0 Å². The summed E-state index contributed by atoms with van der Waals surface area (Å²) in [6.45, 7) is 2.05. The number of hydrogen-bond donors (Lipinski definition) is 2. The van der Waals surface area contributed by atoms with Gasteiger partial charge in [0.1, 0.15) is 11.0 Å². The van der Waals surface area contributed by atoms with Crippen molar-refractivity contribution in [2.24, 2.45) is 0 Å². The number of aromatic amines is 2. The van der Waals surface area contributed by atoms with E-state index in [1.807, 2.05) is 36.7 Å². The van der Waals surface area contributed by atoms with E-state index in [4.69, 9.17) is 9.97 Å². The van der Waals surface area contributed by atoms with Crippen molar-refractivity contribution >= 4 is 33.4 Å². The molecule has 6 aromatic rings. The summed E-state index contributed by atoms with van der Waals surface area (Å²) in [7, 11) is 0. The summed E-state index contributed by atoms with van der Waals surface area (Å²) in [5.41, 5.74) is 8.02. The lowest BCUT2D eigenvalue weighted by Crippen LogP contribution is -1.90. The Morgan fingerprint density at radius 2 is 1.80 bits per heavy atom. The van der Waals surface area contributed by atoms with Gasteiger partial charge in [-0.15, -0.1) is 11.3 Å². The Hall–Kier alpha value is -3.91. The molecule has 0 saturated heterocycles. The van der Waals surface area contributed by atoms with Crippen molar-refractivity contribution in [3.8, 4) is 33.2 Å². The average molecular weight is 409 g/mol. The molecular weight excluding hydrogens is 394 g/mol. The number of fused-ring (bicyclic) bond motifs is 2. The largest absolute Gasteiger partial charge is 0.335 e. The van der Waals surface area contributed by atoms with Crippen LogP contribution in [-0.2, 0) is 0 Å². The van der Waals surface area contributed by atoms with Crippen molar-refractivity contribution in [2.75, 3.05) is 0 Å². The molecule has 6 heterocycles. The molecule has 6 rings (SSSR count). The minimum atomic E-state index is 0.662. The monoisotopic (exact) mass is 409 g/mol. The van der Waals surface area contributed by atoms with Crippen LogP contribution in [0, 0.1) is 6.92 Å². The standard InChI is InChI=1S/C22H15N7S/c1-12-6-7-23-9-13(12)15-4-5-16-20(25-15)21(29-28-16)22-26-17-11-24-10-14(19(17)27-22)18-3-2-8-30-18/h2-11H,1H3,(H,26,27)(H,28,29). The van der Waals surface area contributed by atoms with Crippen molar-refractivity contribution < 1.29 is 0 Å². The number of pyridine rings is 3. The summed E-state index contributed by atoms with van der Waals surface area (Å²) < 4.78 is 0. The zero-order valence-corrected chi connectivity index (χ0v) is 16.7. The van der Waals surface area contributed by atoms with Crippen LogP contribution in [0.25, 0.3) is 55.3 Å². The molecule has 0 radical (unpaired) electrons. The Bertz CT molecular complexity index is 1510. The highest BCUT2D eigenvalue weighted by molar-refractivity contribution is 7.13. The average Bonchev–Trinajstić information content (AvgIpc) is 3.51. The Kier molecular flexibility index (Phi) is 3.72. The van der Waals surface area contributed by atoms with Crippen molar-refractivity contribution in [3.05, 3.63) is 66.1 Å². The third kappa shape index (κ3) is 2.61. The van der Waals surface area contributed by atoms with Crippen molar-refractivity contribution in [2.45, 2.75) is 6.92 Å². The molecule has 0 saturated carbocycles. The third-order valence-electron chi connectivity index (χ3n) is 5.13. The van der Waals surface area contributed by atoms with Crippen LogP contribution in [-0.4, -0.2) is 35.1 Å². The fourth-order valence-corrected chi connectivity index (χ4v) is 4.34. The van der Waals surface area contributed by atoms with Crippen molar-refractivity contribution in [3.63, 3.8) is 0 Å². The fourth-order valence-electron chi connectivity index (χ4n) is 3.60. The van der Waals surface area contributed by atoms with Crippen LogP contribution >= 0.6 is 11.3 Å². The lowest BCUT2D eigenvalue weighted by atomic mass is 10.1. The van der Waals surface area contributed by atoms with Crippen LogP contribution in [0.1, 0.15) is 5.56 Å². The number of imidazole rings is 1. The van der Waals surface area contributed by atoms with E-state index < -0.39 is 0 Å². The first kappa shape index (κ1) is 17.0. The lowest BCUT2D eigenvalue weighted by Gasteiger charge is -2.04. The van der Waals surface area contributed by atoms with Gasteiger partial charge in [0.25, 0.3) is 0 Å². The highest BCUT2D eigenvalue weighted by Crippen LogP contribution is 2.33. The van der Waals surface area contributed by atoms with Gasteiger partial charge in [-0.2, -0.15) is 5.10 Å². The van der Waals surface area contributed by atoms with Gasteiger partial charge in [-0.1, -0.05) is 6.07 Å². The van der Waals surface area contributed by atoms with Gasteiger partial charge in [0, 0.05) is 34.6 Å². The van der Waals surface area contributed by atoms with E-state index in [-0.39, 0.29) is 0 Å². The van der Waals surface area contributed by atoms with Gasteiger partial charge in [-0.25, -0.2) is 9.97 Å². The molecule has 0 aliphatic carbocycles. The van der Waals surface area contributed by atoms with Crippen LogP contribution in [0.3, 0.4) is 0 Å². The molecule has 0 fully saturated rings. The molecule has 0 spiro atoms. The number of thiophene rings is 1. The molecule has 0 aliphatic heterocycles. The second kappa shape index (κ2) is 6.57. The zero-order valence-electron chi connectivity index (χ0n) is 15.9. The third-order valence-corrected chi connectivity index (χ3v) is 6.03. The number of H-pyrrole nitrogens is 2. The molecule has 2 N–H and O–H groups in total. The zero-order chi connectivity index (χ0) is 20.1. The predicted octanol–water partition coefficient (Wildman–Crippen LogP) is 5.00. The van der Waals surface area contributed by atoms with E-state index in [1.165, 1.54) is 0 Å². The minimum absolute atomic E-state index is 0.662. The normalized spacial score (nSPS) is 11.5. The predicted molar refractivity (Wildman–Crippen MR) is 118 cm³/mol. The first-order valence-electron chi connectivity index (χ1n) is 9.42. The van der Waals surface area contributed by atoms with Gasteiger partial charge in [0.2, 0.25) is 0 Å². The number of rotatable bonds is 3. The molecule has 0 unspecified atom stereocenters. The molecule has 0 amide bonds. The molecule has 0 aliphatic rings. The summed E-state index contributed by atoms with van der Waals surface area (Å²) in [6, 6.07) is 10.0. The summed E-state index contributed by atoms with van der Waals surface area (Å²) in [5, 5.41) is 9.61. The minimum Gasteiger partial charge on any atom is -0.335 e. The maximum atomic E-state index is 4.88. The first-order valence-corrected chi connectivity index (χ1v) is 10.3. The summed E-state index contributed by atoms with van der Waals surface area (Å²) >= 11 is 1.67. The summed E-state index contributed by atoms with van der Waals surface area (Å²) in [6.07, 6.45) is 7.26. The maximum Gasteiger partial charge on any atom is 0.161 e. The SMILES string of the molecule is Cc1ccncc1-c1ccc2[nH]nc(-c3nc4c(-c5cccs5)cncc4[nH]3)c2n1. The highest BCUT2D eigenvalue weighted by atomic mass is 32.1. The first-order chi connectivity index (χ1) is 14.8. The van der Waals surface area contributed by atoms with E-state index >= 15 is 0 Å². The van der Waals surface area contributed by atoms with Gasteiger partial charge < -0.3 is 4.98 Å². The van der Waals surface area contributed by atoms with Crippen LogP contribution in [0.4, 0.5) is 0 Å². The van der Waals surface area contributed by atoms with Crippen LogP contribution in [0.5, 0.6) is 0 Å². The molecular formula is C22H15N7S.